The van der Waals surface area contributed by atoms with Crippen LogP contribution in [0.5, 0.6) is 11.5 Å². The minimum absolute atomic E-state index is 0.0780. The van der Waals surface area contributed by atoms with Crippen LogP contribution in [0.4, 0.5) is 24.5 Å². The van der Waals surface area contributed by atoms with Crippen molar-refractivity contribution in [3.05, 3.63) is 64.2 Å². The Morgan fingerprint density at radius 3 is 2.29 bits per heavy atom. The van der Waals surface area contributed by atoms with Gasteiger partial charge in [0.25, 0.3) is 5.56 Å². The number of anilines is 2. The van der Waals surface area contributed by atoms with Crippen molar-refractivity contribution in [3.63, 3.8) is 0 Å². The lowest BCUT2D eigenvalue weighted by Gasteiger charge is -2.37. The van der Waals surface area contributed by atoms with Crippen LogP contribution in [0.3, 0.4) is 0 Å². The maximum atomic E-state index is 14.3. The Balaban J connectivity index is 0.934. The fourth-order valence-corrected chi connectivity index (χ4v) is 8.41. The number of hydrogen-bond donors (Lipinski definition) is 4. The molecule has 3 aliphatic heterocycles. The Morgan fingerprint density at radius 2 is 1.64 bits per heavy atom. The smallest absolute Gasteiger partial charge is 0.418 e. The summed E-state index contributed by atoms with van der Waals surface area (Å²) < 4.78 is 56.0. The van der Waals surface area contributed by atoms with E-state index in [0.29, 0.717) is 93.0 Å². The highest BCUT2D eigenvalue weighted by atomic mass is 19.4. The third-order valence-electron chi connectivity index (χ3n) is 11.6. The molecule has 0 spiro atoms. The molecule has 0 radical (unpaired) electrons. The summed E-state index contributed by atoms with van der Waals surface area (Å²) in [5, 5.41) is 22.5. The Bertz CT molecular complexity index is 2110. The number of aliphatic hydroxyl groups excluding tert-OH is 1. The molecule has 3 saturated heterocycles. The number of ether oxygens (including phenoxy) is 2. The van der Waals surface area contributed by atoms with Gasteiger partial charge in [0.1, 0.15) is 29.3 Å². The molecule has 0 bridgehead atoms. The molecule has 4 aromatic rings. The number of halogens is 3. The van der Waals surface area contributed by atoms with Gasteiger partial charge in [-0.25, -0.2) is 0 Å². The van der Waals surface area contributed by atoms with Gasteiger partial charge < -0.3 is 39.6 Å². The topological polar surface area (TPSA) is 154 Å². The predicted molar refractivity (Wildman–Crippen MR) is 205 cm³/mol. The number of methoxy groups -OCH3 is 2. The van der Waals surface area contributed by atoms with E-state index in [1.54, 1.807) is 44.6 Å². The number of amides is 2. The van der Waals surface area contributed by atoms with E-state index in [-0.39, 0.29) is 28.8 Å². The molecule has 16 heteroatoms. The number of carbonyl (C=O) groups excluding carboxylic acids is 2. The quantitative estimate of drug-likeness (QED) is 0.173. The number of piperidine rings is 3. The van der Waals surface area contributed by atoms with E-state index in [9.17, 15) is 32.7 Å². The lowest BCUT2D eigenvalue weighted by Crippen LogP contribution is -2.49. The van der Waals surface area contributed by atoms with Gasteiger partial charge in [-0.2, -0.15) is 18.3 Å². The molecule has 3 fully saturated rings. The van der Waals surface area contributed by atoms with Crippen LogP contribution in [0.2, 0.25) is 0 Å². The van der Waals surface area contributed by atoms with Crippen LogP contribution in [0.25, 0.3) is 22.0 Å². The fourth-order valence-electron chi connectivity index (χ4n) is 8.41. The van der Waals surface area contributed by atoms with Gasteiger partial charge in [0, 0.05) is 73.7 Å². The Labute approximate surface area is 322 Å². The Kier molecular flexibility index (Phi) is 11.2. The Morgan fingerprint density at radius 1 is 0.964 bits per heavy atom. The van der Waals surface area contributed by atoms with Crippen molar-refractivity contribution in [2.75, 3.05) is 50.6 Å². The zero-order chi connectivity index (χ0) is 39.7. The monoisotopic (exact) mass is 779 g/mol. The van der Waals surface area contributed by atoms with Gasteiger partial charge >= 0.3 is 6.18 Å². The third kappa shape index (κ3) is 8.15. The summed E-state index contributed by atoms with van der Waals surface area (Å²) in [4.78, 5) is 41.9. The van der Waals surface area contributed by atoms with Gasteiger partial charge in [-0.05, 0) is 92.7 Å². The summed E-state index contributed by atoms with van der Waals surface area (Å²) in [6.45, 7) is 2.05. The Hall–Kier alpha value is -5.25. The summed E-state index contributed by atoms with van der Waals surface area (Å²) in [7, 11) is 4.94. The number of fused-ring (bicyclic) bond motifs is 1. The number of carbonyl (C=O) groups is 2. The van der Waals surface area contributed by atoms with Crippen LogP contribution in [-0.4, -0.2) is 89.3 Å². The minimum Gasteiger partial charge on any atom is -0.496 e. The second kappa shape index (κ2) is 16.1. The standard InChI is InChI=1S/C40H48F3N7O6/c1-48-22-29(28-21-44-47-37(28)39(48)54)25-18-33(55-2)27(34(19-25)56-3)16-23-10-14-50(15-11-23)36(52)17-24-8-12-49(13-9-24)32-6-4-26(20-30(32)40(41,42)43)45-31-5-7-35(51)46-38(31)53/h4,6,18-24,31,35,45,51H,5,7-17H2,1-3H3,(H,44,47)(H,46,53). The van der Waals surface area contributed by atoms with Gasteiger partial charge in [0.2, 0.25) is 11.8 Å². The molecule has 2 aromatic heterocycles. The number of alkyl halides is 3. The highest BCUT2D eigenvalue weighted by Gasteiger charge is 2.37. The first kappa shape index (κ1) is 39.0. The number of aromatic nitrogens is 3. The fraction of sp³-hybridized carbons (Fsp3) is 0.500. The van der Waals surface area contributed by atoms with Crippen molar-refractivity contribution in [1.29, 1.82) is 0 Å². The molecule has 7 rings (SSSR count). The maximum Gasteiger partial charge on any atom is 0.418 e. The molecule has 3 aliphatic rings. The molecule has 0 aliphatic carbocycles. The number of H-pyrrole nitrogens is 1. The molecular weight excluding hydrogens is 731 g/mol. The zero-order valence-corrected chi connectivity index (χ0v) is 31.7. The first-order valence-corrected chi connectivity index (χ1v) is 19.1. The number of benzene rings is 2. The van der Waals surface area contributed by atoms with E-state index in [2.05, 4.69) is 20.8 Å². The number of nitrogens with one attached hydrogen (secondary N) is 3. The number of hydrogen-bond acceptors (Lipinski definition) is 9. The highest BCUT2D eigenvalue weighted by Crippen LogP contribution is 2.41. The summed E-state index contributed by atoms with van der Waals surface area (Å²) >= 11 is 0. The van der Waals surface area contributed by atoms with Gasteiger partial charge in [-0.3, -0.25) is 19.5 Å². The molecule has 0 saturated carbocycles. The molecule has 13 nitrogen and oxygen atoms in total. The molecule has 2 amide bonds. The second-order valence-electron chi connectivity index (χ2n) is 15.2. The van der Waals surface area contributed by atoms with Crippen LogP contribution >= 0.6 is 0 Å². The van der Waals surface area contributed by atoms with Crippen LogP contribution in [0.15, 0.2) is 47.5 Å². The van der Waals surface area contributed by atoms with Gasteiger partial charge in [0.05, 0.1) is 26.0 Å². The largest absolute Gasteiger partial charge is 0.496 e. The first-order valence-electron chi connectivity index (χ1n) is 19.1. The van der Waals surface area contributed by atoms with Crippen LogP contribution in [0, 0.1) is 11.8 Å². The molecule has 300 valence electrons. The van der Waals surface area contributed by atoms with Crippen LogP contribution in [0.1, 0.15) is 56.1 Å². The molecule has 4 N–H and O–H groups in total. The third-order valence-corrected chi connectivity index (χ3v) is 11.6. The lowest BCUT2D eigenvalue weighted by atomic mass is 9.87. The zero-order valence-electron chi connectivity index (χ0n) is 31.7. The SMILES string of the molecule is COc1cc(-c2cn(C)c(=O)c3[nH]ncc23)cc(OC)c1CC1CCN(C(=O)CC2CCN(c3ccc(NC4CCC(O)NC4=O)cc3C(F)(F)F)CC2)CC1. The van der Waals surface area contributed by atoms with E-state index < -0.39 is 29.9 Å². The van der Waals surface area contributed by atoms with Crippen molar-refractivity contribution in [3.8, 4) is 22.6 Å². The van der Waals surface area contributed by atoms with Gasteiger partial charge in [-0.15, -0.1) is 0 Å². The number of aryl methyl sites for hydroxylation is 1. The van der Waals surface area contributed by atoms with Crippen LogP contribution < -0.4 is 30.6 Å². The van der Waals surface area contributed by atoms with Gasteiger partial charge in [0.15, 0.2) is 0 Å². The minimum atomic E-state index is -4.60. The van der Waals surface area contributed by atoms with Crippen LogP contribution in [-0.2, 0) is 29.2 Å². The van der Waals surface area contributed by atoms with E-state index in [0.717, 1.165) is 35.6 Å². The van der Waals surface area contributed by atoms with Crippen molar-refractivity contribution in [1.82, 2.24) is 25.0 Å². The first-order chi connectivity index (χ1) is 26.8. The van der Waals surface area contributed by atoms with Crippen molar-refractivity contribution in [2.45, 2.75) is 69.8 Å². The van der Waals surface area contributed by atoms with Crippen molar-refractivity contribution in [2.24, 2.45) is 18.9 Å². The number of aromatic amines is 1. The van der Waals surface area contributed by atoms with E-state index in [1.165, 1.54) is 10.6 Å². The molecule has 2 unspecified atom stereocenters. The summed E-state index contributed by atoms with van der Waals surface area (Å²) in [6.07, 6.45) is 2.38. The summed E-state index contributed by atoms with van der Waals surface area (Å²) in [5.74, 6) is 1.36. The molecule has 2 atom stereocenters. The number of rotatable bonds is 10. The van der Waals surface area contributed by atoms with Crippen molar-refractivity contribution >= 4 is 34.1 Å². The summed E-state index contributed by atoms with van der Waals surface area (Å²) in [6, 6.07) is 7.22. The molecular formula is C40H48F3N7O6. The highest BCUT2D eigenvalue weighted by molar-refractivity contribution is 5.94. The average molecular weight is 780 g/mol. The van der Waals surface area contributed by atoms with E-state index in [4.69, 9.17) is 9.47 Å². The lowest BCUT2D eigenvalue weighted by molar-refractivity contribution is -0.137. The molecule has 56 heavy (non-hydrogen) atoms. The molecule has 2 aromatic carbocycles. The van der Waals surface area contributed by atoms with Gasteiger partial charge in [-0.1, -0.05) is 0 Å². The average Bonchev–Trinajstić information content (AvgIpc) is 3.68. The van der Waals surface area contributed by atoms with E-state index in [1.807, 2.05) is 17.0 Å². The normalized spacial score (nSPS) is 19.9. The summed E-state index contributed by atoms with van der Waals surface area (Å²) in [5.41, 5.74) is 2.35. The number of nitrogens with zero attached hydrogens (tertiary/aromatic N) is 4. The predicted octanol–water partition coefficient (Wildman–Crippen LogP) is 5.06. The maximum absolute atomic E-state index is 14.3. The number of aliphatic hydroxyl groups is 1. The van der Waals surface area contributed by atoms with E-state index >= 15 is 0 Å². The molecule has 5 heterocycles. The number of likely N-dealkylation sites (tertiary alicyclic amines) is 1. The second-order valence-corrected chi connectivity index (χ2v) is 15.2. The van der Waals surface area contributed by atoms with Crippen molar-refractivity contribution < 1.29 is 37.3 Å². The number of pyridine rings is 1.